The number of piperidine rings is 2. The van der Waals surface area contributed by atoms with Crippen LogP contribution in [0.2, 0.25) is 0 Å². The number of nitrogens with one attached hydrogen (secondary N) is 2. The minimum Gasteiger partial charge on any atom is -0.345 e. The van der Waals surface area contributed by atoms with Gasteiger partial charge in [0.05, 0.1) is 11.2 Å². The summed E-state index contributed by atoms with van der Waals surface area (Å²) in [5.41, 5.74) is 2.60. The Kier molecular flexibility index (Phi) is 5.64. The van der Waals surface area contributed by atoms with Crippen molar-refractivity contribution in [1.82, 2.24) is 20.1 Å². The minimum absolute atomic E-state index is 0.0203. The molecule has 8 heteroatoms. The second-order valence-corrected chi connectivity index (χ2v) is 10.0. The van der Waals surface area contributed by atoms with E-state index in [2.05, 4.69) is 29.0 Å². The number of carbonyl (C=O) groups is 3. The van der Waals surface area contributed by atoms with Crippen LogP contribution in [0.5, 0.6) is 0 Å². The second kappa shape index (κ2) is 8.48. The summed E-state index contributed by atoms with van der Waals surface area (Å²) in [5.74, 6) is -0.244. The molecule has 0 unspecified atom stereocenters. The monoisotopic (exact) mass is 451 g/mol. The van der Waals surface area contributed by atoms with E-state index in [9.17, 15) is 14.4 Å². The van der Waals surface area contributed by atoms with Crippen molar-refractivity contribution in [2.45, 2.75) is 52.0 Å². The number of hydrogen-bond donors (Lipinski definition) is 2. The largest absolute Gasteiger partial charge is 0.345 e. The van der Waals surface area contributed by atoms with Gasteiger partial charge in [-0.25, -0.2) is 4.79 Å². The summed E-state index contributed by atoms with van der Waals surface area (Å²) in [6.07, 6.45) is 6.73. The number of benzene rings is 1. The van der Waals surface area contributed by atoms with Crippen LogP contribution in [0.4, 0.5) is 10.5 Å². The molecule has 3 aliphatic heterocycles. The van der Waals surface area contributed by atoms with E-state index in [-0.39, 0.29) is 24.3 Å². The Morgan fingerprint density at radius 1 is 1.03 bits per heavy atom. The van der Waals surface area contributed by atoms with Crippen LogP contribution in [-0.4, -0.2) is 60.0 Å². The smallest absolute Gasteiger partial charge is 0.328 e. The lowest BCUT2D eigenvalue weighted by atomic mass is 9.71. The predicted molar refractivity (Wildman–Crippen MR) is 127 cm³/mol. The lowest BCUT2D eigenvalue weighted by Crippen LogP contribution is -2.49. The molecule has 33 heavy (non-hydrogen) atoms. The highest BCUT2D eigenvalue weighted by Crippen LogP contribution is 2.40. The lowest BCUT2D eigenvalue weighted by Gasteiger charge is -2.44. The van der Waals surface area contributed by atoms with Crippen LogP contribution in [0.25, 0.3) is 10.9 Å². The van der Waals surface area contributed by atoms with E-state index in [0.29, 0.717) is 23.2 Å². The molecule has 0 saturated carbocycles. The van der Waals surface area contributed by atoms with Gasteiger partial charge in [-0.15, -0.1) is 0 Å². The van der Waals surface area contributed by atoms with Gasteiger partial charge in [0.15, 0.2) is 0 Å². The zero-order chi connectivity index (χ0) is 23.2. The Bertz CT molecular complexity index is 1090. The molecule has 8 nitrogen and oxygen atoms in total. The van der Waals surface area contributed by atoms with Crippen LogP contribution in [0.15, 0.2) is 24.4 Å². The Labute approximate surface area is 194 Å². The molecule has 0 bridgehead atoms. The van der Waals surface area contributed by atoms with Gasteiger partial charge in [0.2, 0.25) is 5.91 Å². The highest BCUT2D eigenvalue weighted by atomic mass is 16.2. The van der Waals surface area contributed by atoms with Gasteiger partial charge in [0.25, 0.3) is 5.91 Å². The van der Waals surface area contributed by atoms with Crippen LogP contribution >= 0.6 is 0 Å². The molecule has 0 radical (unpaired) electrons. The summed E-state index contributed by atoms with van der Waals surface area (Å²) < 4.78 is 2.13. The number of rotatable bonds is 3. The molecule has 4 heterocycles. The predicted octanol–water partition coefficient (Wildman–Crippen LogP) is 3.27. The highest BCUT2D eigenvalue weighted by Gasteiger charge is 2.37. The third-order valence-corrected chi connectivity index (χ3v) is 7.74. The minimum atomic E-state index is -0.430. The molecular weight excluding hydrogens is 418 g/mol. The van der Waals surface area contributed by atoms with E-state index in [4.69, 9.17) is 0 Å². The van der Waals surface area contributed by atoms with E-state index in [1.54, 1.807) is 4.90 Å². The number of aromatic nitrogens is 1. The zero-order valence-electron chi connectivity index (χ0n) is 19.5. The van der Waals surface area contributed by atoms with Crippen LogP contribution < -0.4 is 15.5 Å². The number of hydrogen-bond acceptors (Lipinski definition) is 4. The van der Waals surface area contributed by atoms with Crippen LogP contribution in [0.1, 0.15) is 62.4 Å². The van der Waals surface area contributed by atoms with Crippen LogP contribution in [0.3, 0.4) is 0 Å². The Balaban J connectivity index is 1.47. The quantitative estimate of drug-likeness (QED) is 0.750. The van der Waals surface area contributed by atoms with Gasteiger partial charge in [0, 0.05) is 49.2 Å². The number of amides is 4. The van der Waals surface area contributed by atoms with Gasteiger partial charge >= 0.3 is 6.03 Å². The number of urea groups is 1. The van der Waals surface area contributed by atoms with Crippen molar-refractivity contribution < 1.29 is 14.4 Å². The van der Waals surface area contributed by atoms with Crippen molar-refractivity contribution in [2.24, 2.45) is 5.41 Å². The van der Waals surface area contributed by atoms with E-state index in [0.717, 1.165) is 49.9 Å². The summed E-state index contributed by atoms with van der Waals surface area (Å²) in [5, 5.41) is 6.77. The fourth-order valence-electron chi connectivity index (χ4n) is 5.66. The van der Waals surface area contributed by atoms with Gasteiger partial charge in [-0.05, 0) is 76.2 Å². The number of imide groups is 1. The van der Waals surface area contributed by atoms with Crippen molar-refractivity contribution in [3.8, 4) is 0 Å². The fraction of sp³-hybridized carbons (Fsp3) is 0.560. The van der Waals surface area contributed by atoms with Crippen LogP contribution in [-0.2, 0) is 4.79 Å². The number of likely N-dealkylation sites (tertiary alicyclic amines) is 1. The van der Waals surface area contributed by atoms with E-state index < -0.39 is 6.03 Å². The number of nitrogens with zero attached hydrogens (tertiary/aromatic N) is 3. The fourth-order valence-corrected chi connectivity index (χ4v) is 5.66. The molecule has 1 spiro atoms. The third kappa shape index (κ3) is 4.01. The van der Waals surface area contributed by atoms with E-state index in [1.807, 2.05) is 29.3 Å². The lowest BCUT2D eigenvalue weighted by molar-refractivity contribution is -0.120. The number of anilines is 1. The van der Waals surface area contributed by atoms with Gasteiger partial charge < -0.3 is 14.8 Å². The molecular formula is C25H33N5O3. The average Bonchev–Trinajstić information content (AvgIpc) is 3.24. The first-order valence-corrected chi connectivity index (χ1v) is 12.1. The highest BCUT2D eigenvalue weighted by molar-refractivity contribution is 6.11. The molecule has 4 amide bonds. The molecule has 2 aromatic rings. The Hall–Kier alpha value is -2.87. The molecule has 2 N–H and O–H groups in total. The summed E-state index contributed by atoms with van der Waals surface area (Å²) in [6.45, 7) is 8.20. The zero-order valence-corrected chi connectivity index (χ0v) is 19.5. The van der Waals surface area contributed by atoms with Gasteiger partial charge in [-0.1, -0.05) is 0 Å². The summed E-state index contributed by atoms with van der Waals surface area (Å²) in [4.78, 5) is 41.5. The van der Waals surface area contributed by atoms with E-state index in [1.165, 1.54) is 12.8 Å². The maximum Gasteiger partial charge on any atom is 0.328 e. The summed E-state index contributed by atoms with van der Waals surface area (Å²) in [6, 6.07) is 5.57. The maximum atomic E-state index is 13.6. The Morgan fingerprint density at radius 2 is 1.76 bits per heavy atom. The van der Waals surface area contributed by atoms with Gasteiger partial charge in [0.1, 0.15) is 0 Å². The summed E-state index contributed by atoms with van der Waals surface area (Å²) in [7, 11) is 0. The van der Waals surface area contributed by atoms with E-state index >= 15 is 0 Å². The molecule has 3 saturated heterocycles. The van der Waals surface area contributed by atoms with Crippen molar-refractivity contribution >= 4 is 34.4 Å². The molecule has 176 valence electrons. The number of fused-ring (bicyclic) bond motifs is 1. The first kappa shape index (κ1) is 21.9. The summed E-state index contributed by atoms with van der Waals surface area (Å²) >= 11 is 0. The van der Waals surface area contributed by atoms with Crippen molar-refractivity contribution in [3.63, 3.8) is 0 Å². The molecule has 0 atom stereocenters. The topological polar surface area (TPSA) is 86.7 Å². The Morgan fingerprint density at radius 3 is 2.42 bits per heavy atom. The van der Waals surface area contributed by atoms with Crippen molar-refractivity contribution in [1.29, 1.82) is 0 Å². The molecule has 1 aromatic heterocycles. The van der Waals surface area contributed by atoms with Gasteiger partial charge in [-0.3, -0.25) is 19.8 Å². The van der Waals surface area contributed by atoms with Crippen molar-refractivity contribution in [2.75, 3.05) is 37.6 Å². The number of carbonyl (C=O) groups excluding carboxylic acids is 3. The molecule has 5 rings (SSSR count). The van der Waals surface area contributed by atoms with Crippen LogP contribution in [0, 0.1) is 5.41 Å². The third-order valence-electron chi connectivity index (χ3n) is 7.74. The molecule has 3 aliphatic rings. The normalized spacial score (nSPS) is 21.2. The van der Waals surface area contributed by atoms with Gasteiger partial charge in [-0.2, -0.15) is 0 Å². The van der Waals surface area contributed by atoms with Crippen molar-refractivity contribution in [3.05, 3.63) is 30.0 Å². The average molecular weight is 452 g/mol. The molecule has 0 aliphatic carbocycles. The standard InChI is InChI=1S/C25H33N5O3/c1-17(2)29-11-3-19-20(29)15-18(16-21(19)30-12-4-22(31)27-24(30)33)23(32)28-13-7-25(8-14-28)5-9-26-10-6-25/h3,11,15-17,26H,4-10,12-14H2,1-2H3,(H,27,31,33). The molecule has 3 fully saturated rings. The first-order valence-electron chi connectivity index (χ1n) is 12.1. The molecule has 1 aromatic carbocycles. The maximum absolute atomic E-state index is 13.6. The SMILES string of the molecule is CC(C)n1ccc2c(N3CCC(=O)NC3=O)cc(C(=O)N3CCC4(CCNCC4)CC3)cc21. The first-order chi connectivity index (χ1) is 15.9. The second-order valence-electron chi connectivity index (χ2n) is 10.0.